The molecule has 1 aliphatic heterocycles. The van der Waals surface area contributed by atoms with Crippen LogP contribution in [0.5, 0.6) is 0 Å². The molecule has 1 saturated heterocycles. The van der Waals surface area contributed by atoms with Gasteiger partial charge in [-0.3, -0.25) is 9.03 Å². The number of anilines is 2. The summed E-state index contributed by atoms with van der Waals surface area (Å²) in [6.07, 6.45) is 0.511. The fraction of sp³-hybridized carbons (Fsp3) is 0.294. The molecule has 0 radical (unpaired) electrons. The van der Waals surface area contributed by atoms with Crippen molar-refractivity contribution in [2.24, 2.45) is 0 Å². The van der Waals surface area contributed by atoms with Crippen LogP contribution >= 0.6 is 11.6 Å². The number of nitrogens with zero attached hydrogens (tertiary/aromatic N) is 1. The molecular weight excluding hydrogens is 396 g/mol. The normalized spacial score (nSPS) is 16.7. The molecule has 0 spiro atoms. The molecule has 0 aliphatic carbocycles. The standard InChI is InChI=1S/C17H19ClN2O4S2/c1-12-4-6-15(10-13(12)2)26(23,24)19-14-5-7-16(18)17(11-14)20-8-3-9-25(20,21)22/h4-7,10-11,19H,3,8-9H2,1-2H3. The average molecular weight is 415 g/mol. The highest BCUT2D eigenvalue weighted by Gasteiger charge is 2.30. The zero-order chi connectivity index (χ0) is 19.1. The number of halogens is 1. The van der Waals surface area contributed by atoms with Crippen LogP contribution < -0.4 is 9.03 Å². The third-order valence-electron chi connectivity index (χ3n) is 4.35. The number of nitrogens with one attached hydrogen (secondary N) is 1. The summed E-state index contributed by atoms with van der Waals surface area (Å²) in [7, 11) is -7.21. The number of aryl methyl sites for hydroxylation is 2. The molecule has 0 unspecified atom stereocenters. The molecule has 26 heavy (non-hydrogen) atoms. The van der Waals surface area contributed by atoms with Crippen LogP contribution in [0.2, 0.25) is 5.02 Å². The molecule has 1 heterocycles. The average Bonchev–Trinajstić information content (AvgIpc) is 2.90. The zero-order valence-corrected chi connectivity index (χ0v) is 16.7. The second-order valence-electron chi connectivity index (χ2n) is 6.26. The molecule has 0 atom stereocenters. The van der Waals surface area contributed by atoms with E-state index >= 15 is 0 Å². The minimum absolute atomic E-state index is 0.0575. The molecule has 0 bridgehead atoms. The Bertz CT molecular complexity index is 1070. The van der Waals surface area contributed by atoms with Crippen LogP contribution in [0.25, 0.3) is 0 Å². The van der Waals surface area contributed by atoms with Crippen molar-refractivity contribution in [2.75, 3.05) is 21.3 Å². The third kappa shape index (κ3) is 3.67. The minimum Gasteiger partial charge on any atom is -0.280 e. The molecule has 6 nitrogen and oxygen atoms in total. The van der Waals surface area contributed by atoms with E-state index in [9.17, 15) is 16.8 Å². The first-order valence-corrected chi connectivity index (χ1v) is 11.5. The van der Waals surface area contributed by atoms with Crippen molar-refractivity contribution in [3.8, 4) is 0 Å². The van der Waals surface area contributed by atoms with Crippen molar-refractivity contribution in [3.63, 3.8) is 0 Å². The minimum atomic E-state index is -3.80. The second kappa shape index (κ2) is 6.75. The SMILES string of the molecule is Cc1ccc(S(=O)(=O)Nc2ccc(Cl)c(N3CCCS3(=O)=O)c2)cc1C. The largest absolute Gasteiger partial charge is 0.280 e. The van der Waals surface area contributed by atoms with E-state index in [1.54, 1.807) is 12.1 Å². The van der Waals surface area contributed by atoms with Gasteiger partial charge in [0.25, 0.3) is 10.0 Å². The van der Waals surface area contributed by atoms with Crippen LogP contribution in [0, 0.1) is 13.8 Å². The molecule has 1 aliphatic rings. The Morgan fingerprint density at radius 2 is 1.81 bits per heavy atom. The lowest BCUT2D eigenvalue weighted by atomic mass is 10.1. The molecule has 140 valence electrons. The van der Waals surface area contributed by atoms with E-state index in [2.05, 4.69) is 4.72 Å². The van der Waals surface area contributed by atoms with E-state index in [-0.39, 0.29) is 27.0 Å². The van der Waals surface area contributed by atoms with Gasteiger partial charge in [0.1, 0.15) is 0 Å². The summed E-state index contributed by atoms with van der Waals surface area (Å²) in [6, 6.07) is 9.32. The van der Waals surface area contributed by atoms with Crippen LogP contribution in [0.3, 0.4) is 0 Å². The Kier molecular flexibility index (Phi) is 4.94. The van der Waals surface area contributed by atoms with Crippen LogP contribution in [-0.2, 0) is 20.0 Å². The fourth-order valence-corrected chi connectivity index (χ4v) is 5.75. The molecular formula is C17H19ClN2O4S2. The maximum atomic E-state index is 12.6. The molecule has 0 aromatic heterocycles. The number of rotatable bonds is 4. The monoisotopic (exact) mass is 414 g/mol. The van der Waals surface area contributed by atoms with E-state index in [4.69, 9.17) is 11.6 Å². The van der Waals surface area contributed by atoms with Crippen molar-refractivity contribution in [1.29, 1.82) is 0 Å². The zero-order valence-electron chi connectivity index (χ0n) is 14.4. The van der Waals surface area contributed by atoms with E-state index in [1.165, 1.54) is 28.6 Å². The van der Waals surface area contributed by atoms with Gasteiger partial charge >= 0.3 is 0 Å². The predicted octanol–water partition coefficient (Wildman–Crippen LogP) is 3.30. The van der Waals surface area contributed by atoms with Gasteiger partial charge in [-0.05, 0) is 61.7 Å². The maximum Gasteiger partial charge on any atom is 0.261 e. The number of hydrogen-bond acceptors (Lipinski definition) is 4. The van der Waals surface area contributed by atoms with Gasteiger partial charge in [-0.25, -0.2) is 16.8 Å². The van der Waals surface area contributed by atoms with Crippen LogP contribution in [0.1, 0.15) is 17.5 Å². The highest BCUT2D eigenvalue weighted by atomic mass is 35.5. The molecule has 0 saturated carbocycles. The number of sulfonamides is 2. The number of hydrogen-bond donors (Lipinski definition) is 1. The topological polar surface area (TPSA) is 83.6 Å². The summed E-state index contributed by atoms with van der Waals surface area (Å²) in [6.45, 7) is 4.07. The van der Waals surface area contributed by atoms with E-state index < -0.39 is 20.0 Å². The summed E-state index contributed by atoms with van der Waals surface area (Å²) in [5.74, 6) is 0.0575. The molecule has 0 amide bonds. The van der Waals surface area contributed by atoms with Gasteiger partial charge in [-0.15, -0.1) is 0 Å². The molecule has 1 fully saturated rings. The Morgan fingerprint density at radius 1 is 1.08 bits per heavy atom. The summed E-state index contributed by atoms with van der Waals surface area (Å²) in [5, 5.41) is 0.254. The molecule has 2 aromatic carbocycles. The fourth-order valence-electron chi connectivity index (χ4n) is 2.77. The van der Waals surface area contributed by atoms with Gasteiger partial charge in [0.2, 0.25) is 10.0 Å². The summed E-state index contributed by atoms with van der Waals surface area (Å²) in [5.41, 5.74) is 2.40. The van der Waals surface area contributed by atoms with E-state index in [1.807, 2.05) is 13.8 Å². The van der Waals surface area contributed by atoms with Gasteiger partial charge in [-0.1, -0.05) is 17.7 Å². The van der Waals surface area contributed by atoms with E-state index in [0.29, 0.717) is 13.0 Å². The molecule has 1 N–H and O–H groups in total. The van der Waals surface area contributed by atoms with Crippen LogP contribution in [-0.4, -0.2) is 29.1 Å². The highest BCUT2D eigenvalue weighted by Crippen LogP contribution is 2.34. The highest BCUT2D eigenvalue weighted by molar-refractivity contribution is 7.93. The summed E-state index contributed by atoms with van der Waals surface area (Å²) >= 11 is 6.15. The smallest absolute Gasteiger partial charge is 0.261 e. The first-order chi connectivity index (χ1) is 12.1. The van der Waals surface area contributed by atoms with Crippen molar-refractivity contribution in [2.45, 2.75) is 25.2 Å². The number of benzene rings is 2. The quantitative estimate of drug-likeness (QED) is 0.831. The maximum absolute atomic E-state index is 12.6. The van der Waals surface area contributed by atoms with Crippen molar-refractivity contribution in [1.82, 2.24) is 0 Å². The lowest BCUT2D eigenvalue weighted by Gasteiger charge is -2.19. The van der Waals surface area contributed by atoms with Crippen LogP contribution in [0.15, 0.2) is 41.3 Å². The van der Waals surface area contributed by atoms with E-state index in [0.717, 1.165) is 11.1 Å². The second-order valence-corrected chi connectivity index (χ2v) is 10.4. The summed E-state index contributed by atoms with van der Waals surface area (Å²) < 4.78 is 53.2. The van der Waals surface area contributed by atoms with Crippen LogP contribution in [0.4, 0.5) is 11.4 Å². The van der Waals surface area contributed by atoms with Gasteiger partial charge in [0.15, 0.2) is 0 Å². The lowest BCUT2D eigenvalue weighted by molar-refractivity contribution is 0.598. The van der Waals surface area contributed by atoms with Crippen molar-refractivity contribution < 1.29 is 16.8 Å². The Morgan fingerprint density at radius 3 is 2.42 bits per heavy atom. The predicted molar refractivity (Wildman–Crippen MR) is 104 cm³/mol. The van der Waals surface area contributed by atoms with Gasteiger partial charge in [0, 0.05) is 6.54 Å². The van der Waals surface area contributed by atoms with Crippen molar-refractivity contribution in [3.05, 3.63) is 52.5 Å². The van der Waals surface area contributed by atoms with Gasteiger partial charge in [-0.2, -0.15) is 0 Å². The Labute approximate surface area is 158 Å². The first-order valence-electron chi connectivity index (χ1n) is 8.00. The van der Waals surface area contributed by atoms with Gasteiger partial charge in [0.05, 0.1) is 27.0 Å². The molecule has 3 rings (SSSR count). The van der Waals surface area contributed by atoms with Crippen molar-refractivity contribution >= 4 is 43.0 Å². The Balaban J connectivity index is 1.95. The van der Waals surface area contributed by atoms with Gasteiger partial charge < -0.3 is 0 Å². The molecule has 2 aromatic rings. The molecule has 9 heteroatoms. The summed E-state index contributed by atoms with van der Waals surface area (Å²) in [4.78, 5) is 0.144. The Hall–Kier alpha value is -1.77. The first kappa shape index (κ1) is 19.0. The lowest BCUT2D eigenvalue weighted by Crippen LogP contribution is -2.25. The third-order valence-corrected chi connectivity index (χ3v) is 7.91.